The van der Waals surface area contributed by atoms with Crippen LogP contribution in [0.3, 0.4) is 0 Å². The first-order chi connectivity index (χ1) is 11.9. The van der Waals surface area contributed by atoms with Crippen LogP contribution in [0.1, 0.15) is 5.56 Å². The fraction of sp³-hybridized carbons (Fsp3) is 0.333. The Labute approximate surface area is 141 Å². The van der Waals surface area contributed by atoms with Crippen molar-refractivity contribution < 1.29 is 33.6 Å². The number of nitrogens with zero attached hydrogens (tertiary/aromatic N) is 2. The van der Waals surface area contributed by atoms with Crippen molar-refractivity contribution in [3.8, 4) is 11.5 Å². The number of carbonyl (C=O) groups excluding carboxylic acids is 1. The molecule has 1 aromatic rings. The monoisotopic (exact) mass is 357 g/mol. The summed E-state index contributed by atoms with van der Waals surface area (Å²) in [4.78, 5) is 17.6. The van der Waals surface area contributed by atoms with E-state index >= 15 is 0 Å². The second-order valence-corrected chi connectivity index (χ2v) is 4.96. The van der Waals surface area contributed by atoms with E-state index in [2.05, 4.69) is 15.0 Å². The highest BCUT2D eigenvalue weighted by atomic mass is 19.3. The third-order valence-electron chi connectivity index (χ3n) is 3.23. The van der Waals surface area contributed by atoms with Gasteiger partial charge in [0.2, 0.25) is 5.96 Å². The van der Waals surface area contributed by atoms with Crippen LogP contribution in [0.25, 0.3) is 6.08 Å². The van der Waals surface area contributed by atoms with Gasteiger partial charge in [0.1, 0.15) is 5.70 Å². The van der Waals surface area contributed by atoms with Crippen LogP contribution in [0.5, 0.6) is 11.5 Å². The lowest BCUT2D eigenvalue weighted by molar-refractivity contribution is -0.115. The zero-order chi connectivity index (χ0) is 18.4. The van der Waals surface area contributed by atoms with Gasteiger partial charge in [0.15, 0.2) is 11.5 Å². The van der Waals surface area contributed by atoms with Gasteiger partial charge in [-0.1, -0.05) is 6.07 Å². The lowest BCUT2D eigenvalue weighted by Crippen LogP contribution is -2.43. The quantitative estimate of drug-likeness (QED) is 0.515. The smallest absolute Gasteiger partial charge is 0.387 e. The number of benzene rings is 1. The summed E-state index contributed by atoms with van der Waals surface area (Å²) < 4.78 is 28.5. The average Bonchev–Trinajstić information content (AvgIpc) is 2.90. The molecule has 0 bridgehead atoms. The molecule has 25 heavy (non-hydrogen) atoms. The van der Waals surface area contributed by atoms with Gasteiger partial charge in [0, 0.05) is 13.1 Å². The number of aromatic hydroxyl groups is 1. The summed E-state index contributed by atoms with van der Waals surface area (Å²) in [6.45, 7) is -3.09. The number of ether oxygens (including phenoxy) is 1. The summed E-state index contributed by atoms with van der Waals surface area (Å²) in [6.07, 6.45) is 1.35. The molecule has 0 spiro atoms. The molecule has 0 aliphatic carbocycles. The SMILES string of the molecule is O=C1NC(N(CCO)CCO)=N/C1=C/c1ccc(OC(F)F)c(O)c1. The molecule has 0 radical (unpaired) electrons. The van der Waals surface area contributed by atoms with E-state index < -0.39 is 18.3 Å². The van der Waals surface area contributed by atoms with E-state index in [1.54, 1.807) is 0 Å². The maximum atomic E-state index is 12.2. The van der Waals surface area contributed by atoms with Crippen LogP contribution in [0.15, 0.2) is 28.9 Å². The van der Waals surface area contributed by atoms with Gasteiger partial charge in [-0.2, -0.15) is 8.78 Å². The van der Waals surface area contributed by atoms with Crippen molar-refractivity contribution >= 4 is 17.9 Å². The van der Waals surface area contributed by atoms with Crippen LogP contribution < -0.4 is 10.1 Å². The normalized spacial score (nSPS) is 15.5. The summed E-state index contributed by atoms with van der Waals surface area (Å²) in [5.41, 5.74) is 0.378. The molecule has 10 heteroatoms. The molecule has 2 rings (SSSR count). The number of amides is 1. The van der Waals surface area contributed by atoms with E-state index in [1.165, 1.54) is 17.0 Å². The molecule has 1 amide bonds. The Bertz CT molecular complexity index is 688. The lowest BCUT2D eigenvalue weighted by Gasteiger charge is -2.21. The summed E-state index contributed by atoms with van der Waals surface area (Å²) in [5, 5.41) is 30.2. The Morgan fingerprint density at radius 3 is 2.52 bits per heavy atom. The van der Waals surface area contributed by atoms with E-state index in [0.717, 1.165) is 12.1 Å². The number of alkyl halides is 2. The Balaban J connectivity index is 2.22. The number of aliphatic hydroxyl groups is 2. The van der Waals surface area contributed by atoms with Crippen molar-refractivity contribution in [1.29, 1.82) is 0 Å². The minimum Gasteiger partial charge on any atom is -0.504 e. The molecule has 0 saturated carbocycles. The third kappa shape index (κ3) is 4.88. The van der Waals surface area contributed by atoms with E-state index in [0.29, 0.717) is 5.56 Å². The molecule has 0 atom stereocenters. The van der Waals surface area contributed by atoms with Crippen LogP contribution in [0.2, 0.25) is 0 Å². The second-order valence-electron chi connectivity index (χ2n) is 4.96. The number of hydrogen-bond donors (Lipinski definition) is 4. The van der Waals surface area contributed by atoms with Crippen LogP contribution in [0.4, 0.5) is 8.78 Å². The van der Waals surface area contributed by atoms with E-state index in [9.17, 15) is 18.7 Å². The summed E-state index contributed by atoms with van der Waals surface area (Å²) in [6, 6.07) is 3.68. The van der Waals surface area contributed by atoms with Gasteiger partial charge in [-0.25, -0.2) is 4.99 Å². The molecule has 1 aromatic carbocycles. The van der Waals surface area contributed by atoms with Crippen molar-refractivity contribution in [3.05, 3.63) is 29.5 Å². The fourth-order valence-corrected chi connectivity index (χ4v) is 2.15. The molecule has 0 fully saturated rings. The summed E-state index contributed by atoms with van der Waals surface area (Å²) >= 11 is 0. The van der Waals surface area contributed by atoms with Crippen molar-refractivity contribution in [2.45, 2.75) is 6.61 Å². The number of carbonyl (C=O) groups is 1. The number of guanidine groups is 1. The number of phenolic OH excluding ortho intramolecular Hbond substituents is 1. The minimum absolute atomic E-state index is 0.0257. The minimum atomic E-state index is -3.06. The summed E-state index contributed by atoms with van der Waals surface area (Å²) in [7, 11) is 0. The largest absolute Gasteiger partial charge is 0.504 e. The fourth-order valence-electron chi connectivity index (χ4n) is 2.15. The number of phenols is 1. The molecular weight excluding hydrogens is 340 g/mol. The van der Waals surface area contributed by atoms with Crippen molar-refractivity contribution in [3.63, 3.8) is 0 Å². The zero-order valence-electron chi connectivity index (χ0n) is 13.0. The highest BCUT2D eigenvalue weighted by molar-refractivity contribution is 6.13. The molecule has 4 N–H and O–H groups in total. The number of aliphatic hydroxyl groups excluding tert-OH is 2. The highest BCUT2D eigenvalue weighted by Crippen LogP contribution is 2.29. The predicted octanol–water partition coefficient (Wildman–Crippen LogP) is 0.107. The topological polar surface area (TPSA) is 115 Å². The molecule has 1 aliphatic rings. The lowest BCUT2D eigenvalue weighted by atomic mass is 10.1. The van der Waals surface area contributed by atoms with Gasteiger partial charge in [-0.15, -0.1) is 0 Å². The Kier molecular flexibility index (Phi) is 6.25. The van der Waals surface area contributed by atoms with Crippen molar-refractivity contribution in [1.82, 2.24) is 10.2 Å². The molecule has 1 aliphatic heterocycles. The summed E-state index contributed by atoms with van der Waals surface area (Å²) in [5.74, 6) is -1.21. The van der Waals surface area contributed by atoms with Crippen LogP contribution in [-0.2, 0) is 4.79 Å². The Morgan fingerprint density at radius 2 is 1.96 bits per heavy atom. The molecule has 0 aromatic heterocycles. The first kappa shape index (κ1) is 18.6. The maximum Gasteiger partial charge on any atom is 0.387 e. The Morgan fingerprint density at radius 1 is 1.28 bits per heavy atom. The second kappa shape index (κ2) is 8.40. The first-order valence-corrected chi connectivity index (χ1v) is 7.31. The number of aliphatic imine (C=N–C) groups is 1. The third-order valence-corrected chi connectivity index (χ3v) is 3.23. The zero-order valence-corrected chi connectivity index (χ0v) is 13.0. The molecular formula is C15H17F2N3O5. The molecule has 136 valence electrons. The van der Waals surface area contributed by atoms with Crippen LogP contribution >= 0.6 is 0 Å². The van der Waals surface area contributed by atoms with Crippen molar-refractivity contribution in [2.24, 2.45) is 4.99 Å². The predicted molar refractivity (Wildman–Crippen MR) is 84.0 cm³/mol. The maximum absolute atomic E-state index is 12.2. The number of hydrogen-bond acceptors (Lipinski definition) is 7. The van der Waals surface area contributed by atoms with Gasteiger partial charge < -0.3 is 25.0 Å². The number of rotatable bonds is 7. The molecule has 0 saturated heterocycles. The van der Waals surface area contributed by atoms with E-state index in [-0.39, 0.29) is 43.7 Å². The first-order valence-electron chi connectivity index (χ1n) is 7.31. The van der Waals surface area contributed by atoms with Gasteiger partial charge >= 0.3 is 6.61 Å². The van der Waals surface area contributed by atoms with Crippen molar-refractivity contribution in [2.75, 3.05) is 26.3 Å². The average molecular weight is 357 g/mol. The van der Waals surface area contributed by atoms with E-state index in [1.807, 2.05) is 0 Å². The van der Waals surface area contributed by atoms with Crippen LogP contribution in [-0.4, -0.2) is 65.0 Å². The molecule has 1 heterocycles. The molecule has 8 nitrogen and oxygen atoms in total. The number of nitrogens with one attached hydrogen (secondary N) is 1. The van der Waals surface area contributed by atoms with Gasteiger partial charge in [-0.05, 0) is 23.8 Å². The van der Waals surface area contributed by atoms with E-state index in [4.69, 9.17) is 10.2 Å². The van der Waals surface area contributed by atoms with Gasteiger partial charge in [0.05, 0.1) is 13.2 Å². The standard InChI is InChI=1S/C15H17F2N3O5/c16-14(17)25-12-2-1-9(8-11(12)23)7-10-13(24)19-15(18-10)20(3-5-21)4-6-22/h1-2,7-8,14,21-23H,3-6H2,(H,18,19,24)/b10-7+. The van der Waals surface area contributed by atoms with Crippen LogP contribution in [0, 0.1) is 0 Å². The Hall–Kier alpha value is -2.72. The van der Waals surface area contributed by atoms with Gasteiger partial charge in [-0.3, -0.25) is 10.1 Å². The van der Waals surface area contributed by atoms with Gasteiger partial charge in [0.25, 0.3) is 5.91 Å². The molecule has 0 unspecified atom stereocenters. The number of halogens is 2. The highest BCUT2D eigenvalue weighted by Gasteiger charge is 2.24.